The average molecular weight is 344 g/mol. The summed E-state index contributed by atoms with van der Waals surface area (Å²) in [5.74, 6) is 0.716. The zero-order valence-corrected chi connectivity index (χ0v) is 12.9. The molecule has 0 saturated heterocycles. The van der Waals surface area contributed by atoms with E-state index < -0.39 is 16.6 Å². The molecule has 10 heteroatoms. The van der Waals surface area contributed by atoms with Crippen LogP contribution in [0.25, 0.3) is 0 Å². The molecule has 23 heavy (non-hydrogen) atoms. The molecule has 0 spiro atoms. The number of nitrogens with zero attached hydrogens (tertiary/aromatic N) is 3. The lowest BCUT2D eigenvalue weighted by atomic mass is 10.3. The molecule has 1 aromatic heterocycles. The Morgan fingerprint density at radius 1 is 1.39 bits per heavy atom. The number of hydrogen-bond acceptors (Lipinski definition) is 5. The van der Waals surface area contributed by atoms with Gasteiger partial charge in [-0.3, -0.25) is 0 Å². The second-order valence-corrected chi connectivity index (χ2v) is 6.83. The van der Waals surface area contributed by atoms with Gasteiger partial charge in [-0.05, 0) is 25.0 Å². The molecular weight excluding hydrogens is 330 g/mol. The van der Waals surface area contributed by atoms with Crippen LogP contribution in [-0.2, 0) is 17.1 Å². The fraction of sp³-hybridized carbons (Fsp3) is 0.385. The van der Waals surface area contributed by atoms with Gasteiger partial charge in [0.15, 0.2) is 5.82 Å². The van der Waals surface area contributed by atoms with Gasteiger partial charge in [0, 0.05) is 19.0 Å². The Kier molecular flexibility index (Phi) is 3.92. The van der Waals surface area contributed by atoms with Crippen LogP contribution in [0.3, 0.4) is 0 Å². The topological polar surface area (TPSA) is 86.1 Å². The highest BCUT2D eigenvalue weighted by molar-refractivity contribution is 7.92. The van der Waals surface area contributed by atoms with Crippen molar-refractivity contribution < 1.29 is 21.9 Å². The highest BCUT2D eigenvalue weighted by atomic mass is 32.2. The first kappa shape index (κ1) is 15.7. The number of ether oxygens (including phenoxy) is 1. The van der Waals surface area contributed by atoms with Crippen molar-refractivity contribution in [2.45, 2.75) is 30.3 Å². The van der Waals surface area contributed by atoms with Crippen LogP contribution in [0.5, 0.6) is 5.75 Å². The van der Waals surface area contributed by atoms with Gasteiger partial charge in [0.05, 0.1) is 4.90 Å². The molecule has 0 amide bonds. The molecule has 1 aliphatic carbocycles. The van der Waals surface area contributed by atoms with Crippen LogP contribution < -0.4 is 9.46 Å². The molecule has 1 heterocycles. The van der Waals surface area contributed by atoms with Crippen molar-refractivity contribution in [2.24, 2.45) is 7.05 Å². The van der Waals surface area contributed by atoms with Gasteiger partial charge in [0.1, 0.15) is 5.75 Å². The molecule has 1 aromatic carbocycles. The second-order valence-electron chi connectivity index (χ2n) is 5.15. The first-order chi connectivity index (χ1) is 10.8. The summed E-state index contributed by atoms with van der Waals surface area (Å²) in [5, 5.41) is 4.16. The van der Waals surface area contributed by atoms with Crippen molar-refractivity contribution in [2.75, 3.05) is 4.72 Å². The van der Waals surface area contributed by atoms with Crippen molar-refractivity contribution >= 4 is 16.0 Å². The maximum absolute atomic E-state index is 12.4. The number of aryl methyl sites for hydroxylation is 1. The lowest BCUT2D eigenvalue weighted by Crippen LogP contribution is -2.16. The summed E-state index contributed by atoms with van der Waals surface area (Å²) in [4.78, 5) is 3.96. The zero-order valence-electron chi connectivity index (χ0n) is 12.1. The second kappa shape index (κ2) is 5.76. The van der Waals surface area contributed by atoms with E-state index in [1.165, 1.54) is 22.9 Å². The van der Waals surface area contributed by atoms with E-state index in [2.05, 4.69) is 19.5 Å². The summed E-state index contributed by atoms with van der Waals surface area (Å²) < 4.78 is 57.0. The number of aromatic nitrogens is 3. The Labute approximate surface area is 131 Å². The number of alkyl halides is 2. The average Bonchev–Trinajstić information content (AvgIpc) is 3.24. The van der Waals surface area contributed by atoms with E-state index in [4.69, 9.17) is 0 Å². The third-order valence-electron chi connectivity index (χ3n) is 3.29. The van der Waals surface area contributed by atoms with Gasteiger partial charge in [-0.1, -0.05) is 6.07 Å². The van der Waals surface area contributed by atoms with E-state index >= 15 is 0 Å². The van der Waals surface area contributed by atoms with Gasteiger partial charge >= 0.3 is 6.61 Å². The monoisotopic (exact) mass is 344 g/mol. The van der Waals surface area contributed by atoms with Gasteiger partial charge in [0.2, 0.25) is 5.95 Å². The molecular formula is C13H14F2N4O3S. The van der Waals surface area contributed by atoms with Crippen LogP contribution in [0.15, 0.2) is 29.2 Å². The summed E-state index contributed by atoms with van der Waals surface area (Å²) in [6.07, 6.45) is 1.98. The summed E-state index contributed by atoms with van der Waals surface area (Å²) in [6.45, 7) is -3.03. The van der Waals surface area contributed by atoms with Gasteiger partial charge in [-0.25, -0.2) is 17.8 Å². The fourth-order valence-corrected chi connectivity index (χ4v) is 3.07. The Hall–Kier alpha value is -2.23. The lowest BCUT2D eigenvalue weighted by Gasteiger charge is -2.09. The first-order valence-corrected chi connectivity index (χ1v) is 8.32. The van der Waals surface area contributed by atoms with Crippen molar-refractivity contribution in [3.8, 4) is 5.75 Å². The standard InChI is InChI=1S/C13H14F2N4O3S/c1-19-13(16-11(17-19)8-5-6-8)18-23(20,21)10-4-2-3-9(7-10)22-12(14)15/h2-4,7-8,12H,5-6H2,1H3,(H,16,17,18). The molecule has 2 aromatic rings. The lowest BCUT2D eigenvalue weighted by molar-refractivity contribution is -0.0499. The quantitative estimate of drug-likeness (QED) is 0.867. The smallest absolute Gasteiger partial charge is 0.387 e. The summed E-state index contributed by atoms with van der Waals surface area (Å²) in [5.41, 5.74) is 0. The summed E-state index contributed by atoms with van der Waals surface area (Å²) in [6, 6.07) is 4.86. The molecule has 0 atom stereocenters. The van der Waals surface area contributed by atoms with Crippen molar-refractivity contribution in [3.63, 3.8) is 0 Å². The summed E-state index contributed by atoms with van der Waals surface area (Å²) in [7, 11) is -2.41. The van der Waals surface area contributed by atoms with E-state index in [1.807, 2.05) is 0 Å². The number of anilines is 1. The Morgan fingerprint density at radius 3 is 2.78 bits per heavy atom. The number of rotatable bonds is 6. The minimum Gasteiger partial charge on any atom is -0.435 e. The highest BCUT2D eigenvalue weighted by Crippen LogP contribution is 2.38. The van der Waals surface area contributed by atoms with Crippen LogP contribution >= 0.6 is 0 Å². The molecule has 1 saturated carbocycles. The van der Waals surface area contributed by atoms with Crippen LogP contribution in [-0.4, -0.2) is 29.8 Å². The van der Waals surface area contributed by atoms with Gasteiger partial charge < -0.3 is 4.74 Å². The first-order valence-electron chi connectivity index (χ1n) is 6.84. The van der Waals surface area contributed by atoms with E-state index in [1.54, 1.807) is 7.05 Å². The molecule has 7 nitrogen and oxygen atoms in total. The number of hydrogen-bond donors (Lipinski definition) is 1. The molecule has 0 bridgehead atoms. The zero-order chi connectivity index (χ0) is 16.6. The number of halogens is 2. The van der Waals surface area contributed by atoms with E-state index in [0.29, 0.717) is 5.82 Å². The maximum Gasteiger partial charge on any atom is 0.387 e. The van der Waals surface area contributed by atoms with Crippen LogP contribution in [0, 0.1) is 0 Å². The van der Waals surface area contributed by atoms with Crippen LogP contribution in [0.2, 0.25) is 0 Å². The Morgan fingerprint density at radius 2 is 2.13 bits per heavy atom. The van der Waals surface area contributed by atoms with Gasteiger partial charge in [0.25, 0.3) is 10.0 Å². The Bertz CT molecular complexity index is 818. The fourth-order valence-electron chi connectivity index (χ4n) is 2.00. The molecule has 3 rings (SSSR count). The predicted octanol–water partition coefficient (Wildman–Crippen LogP) is 2.09. The number of benzene rings is 1. The Balaban J connectivity index is 1.84. The molecule has 124 valence electrons. The molecule has 1 aliphatic rings. The highest BCUT2D eigenvalue weighted by Gasteiger charge is 2.29. The molecule has 0 unspecified atom stereocenters. The molecule has 0 aliphatic heterocycles. The minimum atomic E-state index is -3.98. The van der Waals surface area contributed by atoms with Crippen molar-refractivity contribution in [1.82, 2.24) is 14.8 Å². The van der Waals surface area contributed by atoms with Crippen molar-refractivity contribution in [3.05, 3.63) is 30.1 Å². The SMILES string of the molecule is Cn1nc(C2CC2)nc1NS(=O)(=O)c1cccc(OC(F)F)c1. The number of nitrogens with one attached hydrogen (secondary N) is 1. The largest absolute Gasteiger partial charge is 0.435 e. The minimum absolute atomic E-state index is 0.0760. The number of sulfonamides is 1. The van der Waals surface area contributed by atoms with Gasteiger partial charge in [-0.15, -0.1) is 0 Å². The third-order valence-corrected chi connectivity index (χ3v) is 4.61. The molecule has 0 radical (unpaired) electrons. The van der Waals surface area contributed by atoms with E-state index in [9.17, 15) is 17.2 Å². The van der Waals surface area contributed by atoms with Crippen molar-refractivity contribution in [1.29, 1.82) is 0 Å². The maximum atomic E-state index is 12.4. The summed E-state index contributed by atoms with van der Waals surface area (Å²) >= 11 is 0. The molecule has 1 N–H and O–H groups in total. The van der Waals surface area contributed by atoms with Crippen LogP contribution in [0.1, 0.15) is 24.6 Å². The predicted molar refractivity (Wildman–Crippen MR) is 76.9 cm³/mol. The van der Waals surface area contributed by atoms with Gasteiger partial charge in [-0.2, -0.15) is 18.9 Å². The van der Waals surface area contributed by atoms with Crippen LogP contribution in [0.4, 0.5) is 14.7 Å². The normalized spacial score (nSPS) is 15.0. The molecule has 1 fully saturated rings. The van der Waals surface area contributed by atoms with E-state index in [0.717, 1.165) is 18.9 Å². The third kappa shape index (κ3) is 3.58. The van der Waals surface area contributed by atoms with E-state index in [-0.39, 0.29) is 22.5 Å².